The van der Waals surface area contributed by atoms with Gasteiger partial charge in [-0.25, -0.2) is 9.18 Å². The molecule has 186 valence electrons. The van der Waals surface area contributed by atoms with E-state index >= 15 is 0 Å². The summed E-state index contributed by atoms with van der Waals surface area (Å²) in [4.78, 5) is 25.5. The predicted octanol–water partition coefficient (Wildman–Crippen LogP) is 6.32. The summed E-state index contributed by atoms with van der Waals surface area (Å²) in [7, 11) is 4.39. The molecule has 0 fully saturated rings. The first-order chi connectivity index (χ1) is 17.3. The van der Waals surface area contributed by atoms with E-state index in [0.717, 1.165) is 35.1 Å². The zero-order chi connectivity index (χ0) is 26.0. The highest BCUT2D eigenvalue weighted by molar-refractivity contribution is 6.12. The fourth-order valence-electron chi connectivity index (χ4n) is 4.48. The third-order valence-corrected chi connectivity index (χ3v) is 6.24. The van der Waals surface area contributed by atoms with Crippen LogP contribution in [0.2, 0.25) is 0 Å². The Bertz CT molecular complexity index is 1450. The molecule has 4 aromatic rings. The average Bonchev–Trinajstić information content (AvgIpc) is 3.26. The van der Waals surface area contributed by atoms with Crippen molar-refractivity contribution in [3.63, 3.8) is 0 Å². The third kappa shape index (κ3) is 4.44. The molecule has 7 heteroatoms. The molecule has 0 atom stereocenters. The molecule has 6 nitrogen and oxygen atoms in total. The molecule has 0 bridgehead atoms. The van der Waals surface area contributed by atoms with Gasteiger partial charge in [0, 0.05) is 18.0 Å². The number of furan rings is 1. The first kappa shape index (κ1) is 25.0. The number of aryl methyl sites for hydroxylation is 2. The number of esters is 1. The van der Waals surface area contributed by atoms with Gasteiger partial charge in [-0.2, -0.15) is 0 Å². The van der Waals surface area contributed by atoms with Crippen molar-refractivity contribution in [1.29, 1.82) is 0 Å². The minimum atomic E-state index is -0.501. The van der Waals surface area contributed by atoms with Gasteiger partial charge in [0.15, 0.2) is 0 Å². The minimum Gasteiger partial charge on any atom is -0.496 e. The number of rotatable bonds is 7. The summed E-state index contributed by atoms with van der Waals surface area (Å²) in [5, 5.41) is 3.31. The van der Waals surface area contributed by atoms with Gasteiger partial charge in [0.1, 0.15) is 28.5 Å². The molecule has 0 spiro atoms. The third-order valence-electron chi connectivity index (χ3n) is 6.24. The number of benzene rings is 3. The van der Waals surface area contributed by atoms with E-state index in [9.17, 15) is 14.0 Å². The van der Waals surface area contributed by atoms with Gasteiger partial charge in [-0.1, -0.05) is 13.3 Å². The van der Waals surface area contributed by atoms with Crippen LogP contribution in [0, 0.1) is 12.7 Å². The quantitative estimate of drug-likeness (QED) is 0.307. The van der Waals surface area contributed by atoms with Crippen LogP contribution in [0.25, 0.3) is 33.4 Å². The molecule has 0 unspecified atom stereocenters. The summed E-state index contributed by atoms with van der Waals surface area (Å²) in [6.45, 7) is 4.02. The molecule has 0 radical (unpaired) electrons. The molecule has 4 rings (SSSR count). The number of hydrogen-bond acceptors (Lipinski definition) is 5. The van der Waals surface area contributed by atoms with Gasteiger partial charge in [0.2, 0.25) is 0 Å². The van der Waals surface area contributed by atoms with Gasteiger partial charge < -0.3 is 19.2 Å². The molecule has 0 aliphatic rings. The van der Waals surface area contributed by atoms with E-state index in [1.807, 2.05) is 19.1 Å². The average molecular weight is 490 g/mol. The number of hydrogen-bond donors (Lipinski definition) is 1. The predicted molar refractivity (Wildman–Crippen MR) is 137 cm³/mol. The number of nitrogens with one attached hydrogen (secondary N) is 1. The summed E-state index contributed by atoms with van der Waals surface area (Å²) >= 11 is 0. The van der Waals surface area contributed by atoms with Crippen LogP contribution < -0.4 is 10.1 Å². The number of carbonyl (C=O) groups excluding carboxylic acids is 2. The topological polar surface area (TPSA) is 77.8 Å². The Hall–Kier alpha value is -4.13. The van der Waals surface area contributed by atoms with Gasteiger partial charge in [-0.3, -0.25) is 4.79 Å². The van der Waals surface area contributed by atoms with Crippen molar-refractivity contribution in [3.8, 4) is 28.2 Å². The fourth-order valence-corrected chi connectivity index (χ4v) is 4.48. The Morgan fingerprint density at radius 1 is 1.03 bits per heavy atom. The lowest BCUT2D eigenvalue weighted by Gasteiger charge is -2.16. The highest BCUT2D eigenvalue weighted by atomic mass is 19.1. The summed E-state index contributed by atoms with van der Waals surface area (Å²) in [6, 6.07) is 13.3. The zero-order valence-corrected chi connectivity index (χ0v) is 21.0. The second kappa shape index (κ2) is 10.2. The van der Waals surface area contributed by atoms with Gasteiger partial charge in [0.25, 0.3) is 5.91 Å². The van der Waals surface area contributed by atoms with E-state index < -0.39 is 5.97 Å². The molecule has 3 aromatic carbocycles. The second-order valence-electron chi connectivity index (χ2n) is 8.51. The molecule has 1 heterocycles. The van der Waals surface area contributed by atoms with Crippen LogP contribution in [0.5, 0.6) is 5.75 Å². The fraction of sp³-hybridized carbons (Fsp3) is 0.241. The minimum absolute atomic E-state index is 0.314. The van der Waals surface area contributed by atoms with Crippen molar-refractivity contribution < 1.29 is 27.9 Å². The van der Waals surface area contributed by atoms with Crippen LogP contribution in [0.1, 0.15) is 45.2 Å². The number of fused-ring (bicyclic) bond motifs is 1. The summed E-state index contributed by atoms with van der Waals surface area (Å²) in [6.07, 6.45) is 1.64. The van der Waals surface area contributed by atoms with Gasteiger partial charge in [-0.05, 0) is 84.1 Å². The molecule has 0 saturated heterocycles. The molecular weight excluding hydrogens is 461 g/mol. The normalized spacial score (nSPS) is 10.9. The summed E-state index contributed by atoms with van der Waals surface area (Å²) in [5.41, 5.74) is 5.45. The van der Waals surface area contributed by atoms with E-state index in [2.05, 4.69) is 12.2 Å². The largest absolute Gasteiger partial charge is 0.496 e. The molecule has 0 aliphatic carbocycles. The number of carbonyl (C=O) groups is 2. The van der Waals surface area contributed by atoms with Gasteiger partial charge in [-0.15, -0.1) is 0 Å². The van der Waals surface area contributed by atoms with Crippen LogP contribution >= 0.6 is 0 Å². The van der Waals surface area contributed by atoms with Gasteiger partial charge in [0.05, 0.1) is 19.8 Å². The first-order valence-corrected chi connectivity index (χ1v) is 11.7. The molecule has 1 N–H and O–H groups in total. The smallest absolute Gasteiger partial charge is 0.341 e. The first-order valence-electron chi connectivity index (χ1n) is 11.7. The van der Waals surface area contributed by atoms with Crippen LogP contribution in [-0.2, 0) is 11.2 Å². The maximum absolute atomic E-state index is 13.6. The summed E-state index contributed by atoms with van der Waals surface area (Å²) < 4.78 is 30.1. The van der Waals surface area contributed by atoms with E-state index in [4.69, 9.17) is 13.9 Å². The van der Waals surface area contributed by atoms with E-state index in [-0.39, 0.29) is 11.7 Å². The lowest BCUT2D eigenvalue weighted by molar-refractivity contribution is 0.0597. The van der Waals surface area contributed by atoms with Crippen molar-refractivity contribution in [2.75, 3.05) is 21.3 Å². The second-order valence-corrected chi connectivity index (χ2v) is 8.51. The number of amides is 1. The molecular formula is C29H28FNO5. The van der Waals surface area contributed by atoms with Crippen molar-refractivity contribution in [2.24, 2.45) is 0 Å². The van der Waals surface area contributed by atoms with Crippen LogP contribution in [0.3, 0.4) is 0 Å². The lowest BCUT2D eigenvalue weighted by atomic mass is 9.90. The van der Waals surface area contributed by atoms with Crippen molar-refractivity contribution in [3.05, 3.63) is 76.6 Å². The number of halogens is 1. The van der Waals surface area contributed by atoms with Crippen LogP contribution in [0.4, 0.5) is 4.39 Å². The van der Waals surface area contributed by atoms with Crippen molar-refractivity contribution in [2.45, 2.75) is 26.7 Å². The van der Waals surface area contributed by atoms with Crippen molar-refractivity contribution >= 4 is 22.8 Å². The van der Waals surface area contributed by atoms with Crippen LogP contribution in [-0.4, -0.2) is 33.1 Å². The zero-order valence-electron chi connectivity index (χ0n) is 21.0. The number of methoxy groups -OCH3 is 2. The van der Waals surface area contributed by atoms with Crippen LogP contribution in [0.15, 0.2) is 52.9 Å². The Kier molecular flexibility index (Phi) is 7.10. The molecule has 0 saturated carbocycles. The monoisotopic (exact) mass is 489 g/mol. The van der Waals surface area contributed by atoms with Gasteiger partial charge >= 0.3 is 5.97 Å². The lowest BCUT2D eigenvalue weighted by Crippen LogP contribution is -2.18. The van der Waals surface area contributed by atoms with Crippen molar-refractivity contribution in [1.82, 2.24) is 5.32 Å². The highest BCUT2D eigenvalue weighted by Gasteiger charge is 2.24. The standard InChI is InChI=1S/C29H28FNO5/c1-6-7-18-13-25-22(26(28(32)31-3)27(36-25)17-8-10-19(30)11-9-17)15-21(18)20-14-23(29(33)35-5)24(34-4)12-16(20)2/h8-15H,6-7H2,1-5H3,(H,31,32). The molecule has 0 aliphatic heterocycles. The molecule has 1 aromatic heterocycles. The number of ether oxygens (including phenoxy) is 2. The maximum Gasteiger partial charge on any atom is 0.341 e. The SMILES string of the molecule is CCCc1cc2oc(-c3ccc(F)cc3)c(C(=O)NC)c2cc1-c1cc(C(=O)OC)c(OC)cc1C. The summed E-state index contributed by atoms with van der Waals surface area (Å²) in [5.74, 6) is -0.400. The maximum atomic E-state index is 13.6. The Morgan fingerprint density at radius 2 is 1.75 bits per heavy atom. The van der Waals surface area contributed by atoms with E-state index in [1.165, 1.54) is 26.4 Å². The van der Waals surface area contributed by atoms with E-state index in [1.54, 1.807) is 31.3 Å². The van der Waals surface area contributed by atoms with E-state index in [0.29, 0.717) is 39.2 Å². The Balaban J connectivity index is 2.04. The highest BCUT2D eigenvalue weighted by Crippen LogP contribution is 2.40. The Labute approximate surface area is 209 Å². The Morgan fingerprint density at radius 3 is 2.36 bits per heavy atom. The molecule has 36 heavy (non-hydrogen) atoms. The molecule has 1 amide bonds.